The van der Waals surface area contributed by atoms with Gasteiger partial charge in [0.05, 0.1) is 13.2 Å². The van der Waals surface area contributed by atoms with E-state index in [1.165, 1.54) is 0 Å². The van der Waals surface area contributed by atoms with Crippen LogP contribution in [-0.4, -0.2) is 24.5 Å². The third-order valence-corrected chi connectivity index (χ3v) is 3.21. The van der Waals surface area contributed by atoms with E-state index in [0.29, 0.717) is 10.9 Å². The van der Waals surface area contributed by atoms with E-state index in [1.54, 1.807) is 13.3 Å². The van der Waals surface area contributed by atoms with E-state index in [0.717, 1.165) is 17.0 Å². The van der Waals surface area contributed by atoms with Crippen LogP contribution in [0, 0.1) is 0 Å². The van der Waals surface area contributed by atoms with Crippen LogP contribution in [0.3, 0.4) is 0 Å². The Kier molecular flexibility index (Phi) is 6.57. The van der Waals surface area contributed by atoms with Crippen molar-refractivity contribution in [3.05, 3.63) is 54.1 Å². The summed E-state index contributed by atoms with van der Waals surface area (Å²) >= 11 is 5.22. The summed E-state index contributed by atoms with van der Waals surface area (Å²) in [6.45, 7) is 3.96. The molecule has 0 saturated carbocycles. The van der Waals surface area contributed by atoms with E-state index in [9.17, 15) is 0 Å². The number of rotatable bonds is 6. The highest BCUT2D eigenvalue weighted by Gasteiger charge is 2.07. The molecular formula is C18H22N3O2S+. The molecule has 0 fully saturated rings. The number of benzene rings is 2. The third-order valence-electron chi connectivity index (χ3n) is 3.01. The molecule has 0 aliphatic carbocycles. The van der Waals surface area contributed by atoms with Gasteiger partial charge in [0, 0.05) is 11.3 Å². The molecular weight excluding hydrogens is 322 g/mol. The van der Waals surface area contributed by atoms with Crippen molar-refractivity contribution < 1.29 is 14.6 Å². The molecule has 0 spiro atoms. The number of para-hydroxylation sites is 1. The summed E-state index contributed by atoms with van der Waals surface area (Å²) in [6.07, 6.45) is 1.88. The lowest BCUT2D eigenvalue weighted by Crippen LogP contribution is -2.82. The lowest BCUT2D eigenvalue weighted by atomic mass is 10.2. The molecule has 6 heteroatoms. The third kappa shape index (κ3) is 5.55. The zero-order valence-corrected chi connectivity index (χ0v) is 14.8. The molecule has 2 aromatic carbocycles. The van der Waals surface area contributed by atoms with Crippen molar-refractivity contribution in [1.82, 2.24) is 5.43 Å². The molecule has 0 amide bonds. The topological polar surface area (TPSA) is 56.5 Å². The van der Waals surface area contributed by atoms with Crippen LogP contribution in [0.1, 0.15) is 19.4 Å². The molecule has 2 aromatic rings. The van der Waals surface area contributed by atoms with Crippen LogP contribution < -0.4 is 25.3 Å². The molecule has 0 heterocycles. The van der Waals surface area contributed by atoms with Crippen LogP contribution in [0.4, 0.5) is 5.69 Å². The maximum atomic E-state index is 5.69. The normalized spacial score (nSPS) is 10.7. The maximum Gasteiger partial charge on any atom is 0.228 e. The first kappa shape index (κ1) is 17.7. The van der Waals surface area contributed by atoms with Crippen LogP contribution in [0.25, 0.3) is 0 Å². The number of methoxy groups -OCH3 is 1. The summed E-state index contributed by atoms with van der Waals surface area (Å²) in [6, 6.07) is 15.4. The highest BCUT2D eigenvalue weighted by molar-refractivity contribution is 7.80. The Morgan fingerprint density at radius 1 is 1.12 bits per heavy atom. The van der Waals surface area contributed by atoms with Gasteiger partial charge in [-0.15, -0.1) is 10.5 Å². The second-order valence-corrected chi connectivity index (χ2v) is 5.72. The fraction of sp³-hybridized carbons (Fsp3) is 0.222. The van der Waals surface area contributed by atoms with Crippen LogP contribution in [0.2, 0.25) is 0 Å². The van der Waals surface area contributed by atoms with Crippen molar-refractivity contribution in [2.75, 3.05) is 12.4 Å². The van der Waals surface area contributed by atoms with Crippen LogP contribution in [0.15, 0.2) is 48.5 Å². The molecule has 0 aliphatic rings. The Balaban J connectivity index is 1.95. The molecule has 0 saturated heterocycles. The summed E-state index contributed by atoms with van der Waals surface area (Å²) in [4.78, 5) is 0. The van der Waals surface area contributed by atoms with E-state index >= 15 is 0 Å². The number of nitrogens with one attached hydrogen (secondary N) is 3. The van der Waals surface area contributed by atoms with E-state index < -0.39 is 0 Å². The minimum atomic E-state index is 0.0926. The standard InChI is InChI=1S/C18H21N3O2S/c1-13(2)23-16-10-9-14(11-17(16)22-3)12-19-21-18(24)20-15-7-5-4-6-8-15/h4-13H,1-3H3,(H2,20,21,24)/p+1. The first-order chi connectivity index (χ1) is 11.6. The number of hydrogen-bond donors (Lipinski definition) is 3. The van der Waals surface area contributed by atoms with Gasteiger partial charge in [0.25, 0.3) is 0 Å². The highest BCUT2D eigenvalue weighted by atomic mass is 32.1. The van der Waals surface area contributed by atoms with Crippen molar-refractivity contribution in [2.45, 2.75) is 20.0 Å². The molecule has 0 aromatic heterocycles. The van der Waals surface area contributed by atoms with Crippen molar-refractivity contribution in [3.8, 4) is 11.5 Å². The van der Waals surface area contributed by atoms with E-state index in [2.05, 4.69) is 15.8 Å². The Morgan fingerprint density at radius 3 is 2.54 bits per heavy atom. The number of ether oxygens (including phenoxy) is 2. The van der Waals surface area contributed by atoms with E-state index in [1.807, 2.05) is 62.4 Å². The molecule has 0 bridgehead atoms. The summed E-state index contributed by atoms with van der Waals surface area (Å²) in [5, 5.41) is 6.51. The second kappa shape index (κ2) is 8.88. The van der Waals surface area contributed by atoms with Gasteiger partial charge < -0.3 is 14.8 Å². The summed E-state index contributed by atoms with van der Waals surface area (Å²) < 4.78 is 11.1. The molecule has 0 atom stereocenters. The molecule has 126 valence electrons. The average molecular weight is 344 g/mol. The molecule has 3 N–H and O–H groups in total. The van der Waals surface area contributed by atoms with Gasteiger partial charge in [-0.1, -0.05) is 18.2 Å². The van der Waals surface area contributed by atoms with Crippen LogP contribution in [0.5, 0.6) is 11.5 Å². The molecule has 0 radical (unpaired) electrons. The minimum absolute atomic E-state index is 0.0926. The lowest BCUT2D eigenvalue weighted by molar-refractivity contribution is -0.499. The number of thiocarbonyl (C=S) groups is 1. The van der Waals surface area contributed by atoms with Crippen molar-refractivity contribution in [2.24, 2.45) is 0 Å². The van der Waals surface area contributed by atoms with Crippen molar-refractivity contribution in [3.63, 3.8) is 0 Å². The average Bonchev–Trinajstić information content (AvgIpc) is 2.56. The predicted molar refractivity (Wildman–Crippen MR) is 101 cm³/mol. The van der Waals surface area contributed by atoms with Gasteiger partial charge in [0.15, 0.2) is 17.7 Å². The Morgan fingerprint density at radius 2 is 1.88 bits per heavy atom. The van der Waals surface area contributed by atoms with Gasteiger partial charge in [0.2, 0.25) is 5.11 Å². The quantitative estimate of drug-likeness (QED) is 0.424. The minimum Gasteiger partial charge on any atom is -0.493 e. The summed E-state index contributed by atoms with van der Waals surface area (Å²) in [7, 11) is 1.62. The number of anilines is 1. The fourth-order valence-electron chi connectivity index (χ4n) is 1.99. The van der Waals surface area contributed by atoms with Crippen molar-refractivity contribution >= 4 is 29.2 Å². The molecule has 24 heavy (non-hydrogen) atoms. The number of hydrazine groups is 1. The van der Waals surface area contributed by atoms with Gasteiger partial charge in [-0.05, 0) is 56.4 Å². The smallest absolute Gasteiger partial charge is 0.228 e. The first-order valence-electron chi connectivity index (χ1n) is 7.64. The Bertz CT molecular complexity index is 703. The first-order valence-corrected chi connectivity index (χ1v) is 8.05. The SMILES string of the molecule is COc1cc(C=[NH+]NC(=S)Nc2ccccc2)ccc1OC(C)C. The number of hydrazone groups is 1. The predicted octanol–water partition coefficient (Wildman–Crippen LogP) is 1.88. The van der Waals surface area contributed by atoms with Gasteiger partial charge in [-0.2, -0.15) is 0 Å². The van der Waals surface area contributed by atoms with E-state index in [-0.39, 0.29) is 6.10 Å². The van der Waals surface area contributed by atoms with Gasteiger partial charge in [-0.25, -0.2) is 0 Å². The van der Waals surface area contributed by atoms with Gasteiger partial charge in [0.1, 0.15) is 0 Å². The largest absolute Gasteiger partial charge is 0.493 e. The van der Waals surface area contributed by atoms with Crippen LogP contribution >= 0.6 is 12.2 Å². The Labute approximate surface area is 147 Å². The second-order valence-electron chi connectivity index (χ2n) is 5.31. The zero-order valence-electron chi connectivity index (χ0n) is 14.0. The zero-order chi connectivity index (χ0) is 17.4. The molecule has 2 rings (SSSR count). The molecule has 5 nitrogen and oxygen atoms in total. The Hall–Kier alpha value is -2.60. The van der Waals surface area contributed by atoms with Crippen LogP contribution in [-0.2, 0) is 0 Å². The highest BCUT2D eigenvalue weighted by Crippen LogP contribution is 2.28. The molecule has 0 aliphatic heterocycles. The summed E-state index contributed by atoms with van der Waals surface area (Å²) in [5.41, 5.74) is 4.76. The monoisotopic (exact) mass is 344 g/mol. The maximum absolute atomic E-state index is 5.69. The fourth-order valence-corrected chi connectivity index (χ4v) is 2.17. The van der Waals surface area contributed by atoms with Gasteiger partial charge >= 0.3 is 0 Å². The van der Waals surface area contributed by atoms with Crippen molar-refractivity contribution in [1.29, 1.82) is 0 Å². The number of hydrogen-bond acceptors (Lipinski definition) is 3. The van der Waals surface area contributed by atoms with Gasteiger partial charge in [-0.3, -0.25) is 0 Å². The lowest BCUT2D eigenvalue weighted by Gasteiger charge is -2.13. The van der Waals surface area contributed by atoms with E-state index in [4.69, 9.17) is 21.7 Å². The molecule has 0 unspecified atom stereocenters. The summed E-state index contributed by atoms with van der Waals surface area (Å²) in [5.74, 6) is 1.41.